The molecule has 1 saturated heterocycles. The van der Waals surface area contributed by atoms with Gasteiger partial charge in [-0.1, -0.05) is 6.42 Å². The van der Waals surface area contributed by atoms with Crippen molar-refractivity contribution in [3.63, 3.8) is 0 Å². The van der Waals surface area contributed by atoms with Gasteiger partial charge in [-0.05, 0) is 37.2 Å². The van der Waals surface area contributed by atoms with Gasteiger partial charge in [0.05, 0.1) is 11.2 Å². The van der Waals surface area contributed by atoms with Gasteiger partial charge in [-0.3, -0.25) is 4.79 Å². The van der Waals surface area contributed by atoms with E-state index in [4.69, 9.17) is 4.74 Å². The molecule has 0 spiro atoms. The number of esters is 1. The molecule has 0 bridgehead atoms. The lowest BCUT2D eigenvalue weighted by atomic mass is 10.2. The molecule has 2 nitrogen and oxygen atoms in total. The van der Waals surface area contributed by atoms with Crippen LogP contribution in [0, 0.1) is 0 Å². The Balaban J connectivity index is 1.85. The minimum Gasteiger partial charge on any atom is -0.466 e. The minimum absolute atomic E-state index is 0.159. The van der Waals surface area contributed by atoms with Gasteiger partial charge in [0, 0.05) is 6.92 Å². The van der Waals surface area contributed by atoms with Gasteiger partial charge in [-0.2, -0.15) is 0 Å². The average Bonchev–Trinajstić information content (AvgIpc) is 2.24. The Hall–Kier alpha value is 0.170. The van der Waals surface area contributed by atoms with Gasteiger partial charge in [0.15, 0.2) is 0 Å². The Morgan fingerprint density at radius 3 is 2.67 bits per heavy atom. The number of ether oxygens (including phenoxy) is 1. The van der Waals surface area contributed by atoms with Crippen molar-refractivity contribution in [2.45, 2.75) is 43.6 Å². The number of carbonyl (C=O) groups is 1. The number of thioether (sulfide) groups is 2. The van der Waals surface area contributed by atoms with Crippen molar-refractivity contribution in [3.8, 4) is 0 Å². The maximum absolute atomic E-state index is 10.5. The zero-order chi connectivity index (χ0) is 10.9. The third kappa shape index (κ3) is 7.12. The Morgan fingerprint density at radius 2 is 2.00 bits per heavy atom. The fourth-order valence-corrected chi connectivity index (χ4v) is 4.47. The second-order valence-corrected chi connectivity index (χ2v) is 6.63. The molecule has 0 atom stereocenters. The molecule has 0 aromatic heterocycles. The van der Waals surface area contributed by atoms with Crippen molar-refractivity contribution >= 4 is 29.5 Å². The Labute approximate surface area is 101 Å². The van der Waals surface area contributed by atoms with Crippen molar-refractivity contribution < 1.29 is 9.53 Å². The van der Waals surface area contributed by atoms with Gasteiger partial charge in [0.1, 0.15) is 0 Å². The highest BCUT2D eigenvalue weighted by Gasteiger charge is 2.13. The van der Waals surface area contributed by atoms with Crippen LogP contribution in [0.2, 0.25) is 0 Å². The largest absolute Gasteiger partial charge is 0.466 e. The lowest BCUT2D eigenvalue weighted by Crippen LogP contribution is -2.06. The molecule has 1 aliphatic rings. The van der Waals surface area contributed by atoms with E-state index in [9.17, 15) is 4.79 Å². The minimum atomic E-state index is -0.159. The average molecular weight is 248 g/mol. The van der Waals surface area contributed by atoms with Crippen molar-refractivity contribution in [1.82, 2.24) is 0 Å². The Morgan fingerprint density at radius 1 is 1.27 bits per heavy atom. The van der Waals surface area contributed by atoms with Crippen LogP contribution in [0.15, 0.2) is 0 Å². The fraction of sp³-hybridized carbons (Fsp3) is 0.909. The van der Waals surface area contributed by atoms with Crippen molar-refractivity contribution in [1.29, 1.82) is 0 Å². The SMILES string of the molecule is CC(=O)OCCCCCC1SCCCS1. The number of unbranched alkanes of at least 4 members (excludes halogenated alkanes) is 2. The van der Waals surface area contributed by atoms with Gasteiger partial charge < -0.3 is 4.74 Å². The molecule has 15 heavy (non-hydrogen) atoms. The summed E-state index contributed by atoms with van der Waals surface area (Å²) in [5, 5.41) is 0. The summed E-state index contributed by atoms with van der Waals surface area (Å²) in [6.07, 6.45) is 6.16. The number of hydrogen-bond donors (Lipinski definition) is 0. The molecule has 0 amide bonds. The summed E-state index contributed by atoms with van der Waals surface area (Å²) >= 11 is 4.22. The molecule has 1 aliphatic heterocycles. The summed E-state index contributed by atoms with van der Waals surface area (Å²) in [4.78, 5) is 10.5. The van der Waals surface area contributed by atoms with Crippen LogP contribution in [0.1, 0.15) is 39.0 Å². The summed E-state index contributed by atoms with van der Waals surface area (Å²) in [5.74, 6) is 2.52. The summed E-state index contributed by atoms with van der Waals surface area (Å²) in [5.41, 5.74) is 0. The number of rotatable bonds is 6. The maximum Gasteiger partial charge on any atom is 0.302 e. The molecule has 0 aromatic rings. The molecule has 0 saturated carbocycles. The lowest BCUT2D eigenvalue weighted by molar-refractivity contribution is -0.141. The first-order chi connectivity index (χ1) is 7.29. The van der Waals surface area contributed by atoms with Gasteiger partial charge in [-0.25, -0.2) is 0 Å². The predicted octanol–water partition coefficient (Wildman–Crippen LogP) is 3.31. The Bertz CT molecular complexity index is 179. The van der Waals surface area contributed by atoms with E-state index in [2.05, 4.69) is 23.5 Å². The van der Waals surface area contributed by atoms with Crippen molar-refractivity contribution in [2.75, 3.05) is 18.1 Å². The first-order valence-electron chi connectivity index (χ1n) is 5.65. The van der Waals surface area contributed by atoms with Crippen molar-refractivity contribution in [3.05, 3.63) is 0 Å². The zero-order valence-electron chi connectivity index (χ0n) is 9.37. The summed E-state index contributed by atoms with van der Waals surface area (Å²) in [6.45, 7) is 2.07. The highest BCUT2D eigenvalue weighted by molar-refractivity contribution is 8.17. The van der Waals surface area contributed by atoms with Crippen LogP contribution in [0.3, 0.4) is 0 Å². The van der Waals surface area contributed by atoms with E-state index in [1.54, 1.807) is 0 Å². The molecule has 0 radical (unpaired) electrons. The first kappa shape index (κ1) is 13.2. The van der Waals surface area contributed by atoms with E-state index in [0.717, 1.165) is 11.0 Å². The first-order valence-corrected chi connectivity index (χ1v) is 7.75. The fourth-order valence-electron chi connectivity index (χ4n) is 1.51. The van der Waals surface area contributed by atoms with Gasteiger partial charge in [0.2, 0.25) is 0 Å². The molecule has 88 valence electrons. The van der Waals surface area contributed by atoms with Crippen LogP contribution >= 0.6 is 23.5 Å². The highest BCUT2D eigenvalue weighted by atomic mass is 32.2. The molecule has 0 N–H and O–H groups in total. The molecule has 4 heteroatoms. The van der Waals surface area contributed by atoms with Crippen LogP contribution < -0.4 is 0 Å². The topological polar surface area (TPSA) is 26.3 Å². The maximum atomic E-state index is 10.5. The number of hydrogen-bond acceptors (Lipinski definition) is 4. The molecule has 1 rings (SSSR count). The lowest BCUT2D eigenvalue weighted by Gasteiger charge is -2.20. The highest BCUT2D eigenvalue weighted by Crippen LogP contribution is 2.33. The van der Waals surface area contributed by atoms with Gasteiger partial charge in [0.25, 0.3) is 0 Å². The molecule has 0 aromatic carbocycles. The Kier molecular flexibility index (Phi) is 7.36. The van der Waals surface area contributed by atoms with Crippen LogP contribution in [0.4, 0.5) is 0 Å². The normalized spacial score (nSPS) is 17.7. The summed E-state index contributed by atoms with van der Waals surface area (Å²) in [7, 11) is 0. The molecular weight excluding hydrogens is 228 g/mol. The molecular formula is C11H20O2S2. The van der Waals surface area contributed by atoms with E-state index in [1.165, 1.54) is 44.1 Å². The van der Waals surface area contributed by atoms with Gasteiger partial charge in [-0.15, -0.1) is 23.5 Å². The standard InChI is InChI=1S/C11H20O2S2/c1-10(12)13-7-4-2-3-6-11-14-8-5-9-15-11/h11H,2-9H2,1H3. The van der Waals surface area contributed by atoms with E-state index in [-0.39, 0.29) is 5.97 Å². The van der Waals surface area contributed by atoms with E-state index in [1.807, 2.05) is 0 Å². The zero-order valence-corrected chi connectivity index (χ0v) is 11.0. The van der Waals surface area contributed by atoms with Crippen LogP contribution in [0.5, 0.6) is 0 Å². The predicted molar refractivity (Wildman–Crippen MR) is 68.4 cm³/mol. The number of carbonyl (C=O) groups excluding carboxylic acids is 1. The van der Waals surface area contributed by atoms with Crippen LogP contribution in [-0.4, -0.2) is 28.7 Å². The molecule has 0 aliphatic carbocycles. The monoisotopic (exact) mass is 248 g/mol. The summed E-state index contributed by atoms with van der Waals surface area (Å²) < 4.78 is 5.71. The van der Waals surface area contributed by atoms with E-state index < -0.39 is 0 Å². The van der Waals surface area contributed by atoms with Crippen LogP contribution in [0.25, 0.3) is 0 Å². The smallest absolute Gasteiger partial charge is 0.302 e. The molecule has 0 unspecified atom stereocenters. The van der Waals surface area contributed by atoms with Crippen molar-refractivity contribution in [2.24, 2.45) is 0 Å². The molecule has 1 heterocycles. The van der Waals surface area contributed by atoms with E-state index in [0.29, 0.717) is 6.61 Å². The quantitative estimate of drug-likeness (QED) is 0.532. The third-order valence-corrected chi connectivity index (χ3v) is 5.37. The summed E-state index contributed by atoms with van der Waals surface area (Å²) in [6, 6.07) is 0. The van der Waals surface area contributed by atoms with Gasteiger partial charge >= 0.3 is 5.97 Å². The third-order valence-electron chi connectivity index (χ3n) is 2.29. The second-order valence-electron chi connectivity index (χ2n) is 3.71. The van der Waals surface area contributed by atoms with Crippen LogP contribution in [-0.2, 0) is 9.53 Å². The molecule has 1 fully saturated rings. The van der Waals surface area contributed by atoms with E-state index >= 15 is 0 Å². The second kappa shape index (κ2) is 8.34.